The SMILES string of the molecule is [2H]c1c([2H])c([2H])c2c(c1[2H])c1c([2H])c(-c3ccc4c(c3)c3ccccc3n4-c3ccccc3-c3ccccc3)c([2H])c([2H])c1n2-c1ccc2c(c1)oc1ccccc12. The molecule has 238 valence electrons. The Labute approximate surface area is 303 Å². The first-order valence-electron chi connectivity index (χ1n) is 20.4. The zero-order valence-corrected chi connectivity index (χ0v) is 27.1. The molecule has 0 aliphatic carbocycles. The van der Waals surface area contributed by atoms with Crippen LogP contribution in [0.3, 0.4) is 0 Å². The summed E-state index contributed by atoms with van der Waals surface area (Å²) in [4.78, 5) is 0. The quantitative estimate of drug-likeness (QED) is 0.185. The van der Waals surface area contributed by atoms with E-state index in [9.17, 15) is 4.11 Å². The van der Waals surface area contributed by atoms with Crippen molar-refractivity contribution in [2.45, 2.75) is 0 Å². The number of hydrogen-bond donors (Lipinski definition) is 0. The van der Waals surface area contributed by atoms with Crippen molar-refractivity contribution in [3.8, 4) is 33.6 Å². The summed E-state index contributed by atoms with van der Waals surface area (Å²) in [7, 11) is 0. The van der Waals surface area contributed by atoms with Crippen LogP contribution < -0.4 is 0 Å². The Balaban J connectivity index is 1.20. The Hall–Kier alpha value is -6.84. The zero-order chi connectivity index (χ0) is 39.6. The fourth-order valence-electron chi connectivity index (χ4n) is 7.69. The molecular weight excluding hydrogens is 621 g/mol. The maximum absolute atomic E-state index is 9.81. The van der Waals surface area contributed by atoms with Crippen LogP contribution in [0, 0.1) is 0 Å². The molecule has 11 aromatic rings. The van der Waals surface area contributed by atoms with Gasteiger partial charge in [0.25, 0.3) is 0 Å². The first-order chi connectivity index (χ1) is 28.2. The van der Waals surface area contributed by atoms with Crippen LogP contribution in [0.25, 0.3) is 99.2 Å². The van der Waals surface area contributed by atoms with Crippen LogP contribution in [0.5, 0.6) is 0 Å². The minimum absolute atomic E-state index is 0.0906. The van der Waals surface area contributed by atoms with Gasteiger partial charge in [0.1, 0.15) is 11.2 Å². The monoisotopic (exact) mass is 657 g/mol. The van der Waals surface area contributed by atoms with Crippen molar-refractivity contribution >= 4 is 65.6 Å². The van der Waals surface area contributed by atoms with Gasteiger partial charge in [0.15, 0.2) is 0 Å². The van der Waals surface area contributed by atoms with Crippen LogP contribution in [0.4, 0.5) is 0 Å². The smallest absolute Gasteiger partial charge is 0.137 e. The third-order valence-corrected chi connectivity index (χ3v) is 9.97. The minimum Gasteiger partial charge on any atom is -0.456 e. The molecule has 0 fully saturated rings. The summed E-state index contributed by atoms with van der Waals surface area (Å²) in [5, 5.41) is 4.01. The molecule has 0 atom stereocenters. The molecule has 0 N–H and O–H groups in total. The van der Waals surface area contributed by atoms with Crippen molar-refractivity contribution in [2.75, 3.05) is 0 Å². The molecular formula is C48H30N2O. The molecule has 3 heteroatoms. The van der Waals surface area contributed by atoms with Gasteiger partial charge >= 0.3 is 0 Å². The second-order valence-electron chi connectivity index (χ2n) is 12.8. The summed E-state index contributed by atoms with van der Waals surface area (Å²) in [6.45, 7) is 0. The van der Waals surface area contributed by atoms with Crippen LogP contribution in [0.2, 0.25) is 0 Å². The predicted molar refractivity (Wildman–Crippen MR) is 213 cm³/mol. The highest BCUT2D eigenvalue weighted by molar-refractivity contribution is 6.13. The van der Waals surface area contributed by atoms with Gasteiger partial charge in [-0.3, -0.25) is 0 Å². The first-order valence-corrected chi connectivity index (χ1v) is 16.9. The van der Waals surface area contributed by atoms with Crippen molar-refractivity contribution < 1.29 is 14.0 Å². The predicted octanol–water partition coefficient (Wildman–Crippen LogP) is 13.1. The lowest BCUT2D eigenvalue weighted by molar-refractivity contribution is 0.668. The molecule has 0 saturated heterocycles. The topological polar surface area (TPSA) is 23.0 Å². The number of fused-ring (bicyclic) bond motifs is 9. The molecule has 0 radical (unpaired) electrons. The van der Waals surface area contributed by atoms with Gasteiger partial charge < -0.3 is 13.6 Å². The van der Waals surface area contributed by atoms with E-state index in [-0.39, 0.29) is 57.6 Å². The van der Waals surface area contributed by atoms with E-state index < -0.39 is 12.1 Å². The van der Waals surface area contributed by atoms with Crippen LogP contribution in [-0.4, -0.2) is 9.13 Å². The van der Waals surface area contributed by atoms with Gasteiger partial charge in [-0.1, -0.05) is 115 Å². The average Bonchev–Trinajstić information content (AvgIpc) is 3.92. The summed E-state index contributed by atoms with van der Waals surface area (Å²) in [6.07, 6.45) is 0. The second kappa shape index (κ2) is 10.8. The maximum atomic E-state index is 9.81. The standard InChI is InChI=1S/C48H30N2O/c1-2-12-31(13-3-1)35-14-4-8-18-42(35)50-44-20-10-6-16-37(44)41-29-33(23-27-46(41)50)32-22-26-45-40(28-32)36-15-5-9-19-43(36)49(45)34-24-25-39-38-17-7-11-21-47(38)51-48(39)30-34/h1-30H/i5D,9D,15D,19D,22D,26D,28D. The molecule has 3 nitrogen and oxygen atoms in total. The summed E-state index contributed by atoms with van der Waals surface area (Å²) < 4.78 is 74.5. The molecule has 0 spiro atoms. The van der Waals surface area contributed by atoms with Crippen molar-refractivity contribution in [1.29, 1.82) is 0 Å². The fourth-order valence-corrected chi connectivity index (χ4v) is 7.69. The largest absolute Gasteiger partial charge is 0.456 e. The van der Waals surface area contributed by atoms with Gasteiger partial charge in [0.05, 0.1) is 37.3 Å². The van der Waals surface area contributed by atoms with Gasteiger partial charge in [0, 0.05) is 49.6 Å². The summed E-state index contributed by atoms with van der Waals surface area (Å²) >= 11 is 0. The third kappa shape index (κ3) is 4.19. The highest BCUT2D eigenvalue weighted by atomic mass is 16.3. The Morgan fingerprint density at radius 1 is 0.412 bits per heavy atom. The van der Waals surface area contributed by atoms with E-state index in [4.69, 9.17) is 9.90 Å². The molecule has 0 aliphatic rings. The molecule has 0 unspecified atom stereocenters. The molecule has 51 heavy (non-hydrogen) atoms. The molecule has 0 bridgehead atoms. The molecule has 0 amide bonds. The van der Waals surface area contributed by atoms with Crippen molar-refractivity contribution in [2.24, 2.45) is 0 Å². The number of para-hydroxylation sites is 4. The van der Waals surface area contributed by atoms with Crippen LogP contribution >= 0.6 is 0 Å². The van der Waals surface area contributed by atoms with Gasteiger partial charge in [-0.15, -0.1) is 0 Å². The molecule has 3 heterocycles. The average molecular weight is 658 g/mol. The minimum atomic E-state index is -0.434. The van der Waals surface area contributed by atoms with E-state index in [1.807, 2.05) is 97.1 Å². The fraction of sp³-hybridized carbons (Fsp3) is 0. The normalized spacial score (nSPS) is 13.8. The molecule has 8 aromatic carbocycles. The number of hydrogen-bond acceptors (Lipinski definition) is 1. The van der Waals surface area contributed by atoms with Gasteiger partial charge in [-0.2, -0.15) is 0 Å². The van der Waals surface area contributed by atoms with E-state index in [1.165, 1.54) is 0 Å². The first kappa shape index (κ1) is 22.0. The van der Waals surface area contributed by atoms with E-state index in [0.29, 0.717) is 22.4 Å². The van der Waals surface area contributed by atoms with Gasteiger partial charge in [-0.25, -0.2) is 0 Å². The molecule has 0 saturated carbocycles. The Morgan fingerprint density at radius 3 is 2.10 bits per heavy atom. The lowest BCUT2D eigenvalue weighted by atomic mass is 10.0. The lowest BCUT2D eigenvalue weighted by Gasteiger charge is -2.14. The second-order valence-corrected chi connectivity index (χ2v) is 12.8. The Kier molecular flexibility index (Phi) is 4.67. The van der Waals surface area contributed by atoms with Gasteiger partial charge in [-0.05, 0) is 77.3 Å². The highest BCUT2D eigenvalue weighted by Gasteiger charge is 2.18. The molecule has 0 aliphatic heterocycles. The number of benzene rings is 8. The van der Waals surface area contributed by atoms with Gasteiger partial charge in [0.2, 0.25) is 0 Å². The van der Waals surface area contributed by atoms with E-state index in [2.05, 4.69) is 41.0 Å². The number of nitrogens with zero attached hydrogens (tertiary/aromatic N) is 2. The highest BCUT2D eigenvalue weighted by Crippen LogP contribution is 2.40. The summed E-state index contributed by atoms with van der Waals surface area (Å²) in [6, 6.07) is 43.8. The number of rotatable bonds is 4. The molecule has 11 rings (SSSR count). The zero-order valence-electron chi connectivity index (χ0n) is 34.1. The van der Waals surface area contributed by atoms with E-state index in [1.54, 1.807) is 10.6 Å². The molecule has 3 aromatic heterocycles. The summed E-state index contributed by atoms with van der Waals surface area (Å²) in [5.41, 5.74) is 7.90. The number of aromatic nitrogens is 2. The van der Waals surface area contributed by atoms with Crippen molar-refractivity contribution in [3.05, 3.63) is 182 Å². The lowest BCUT2D eigenvalue weighted by Crippen LogP contribution is -1.97. The number of furan rings is 1. The summed E-state index contributed by atoms with van der Waals surface area (Å²) in [5.74, 6) is 0. The van der Waals surface area contributed by atoms with Crippen LogP contribution in [0.1, 0.15) is 9.60 Å². The Bertz CT molecular complexity index is 3550. The maximum Gasteiger partial charge on any atom is 0.137 e. The van der Waals surface area contributed by atoms with Crippen LogP contribution in [-0.2, 0) is 0 Å². The van der Waals surface area contributed by atoms with E-state index >= 15 is 0 Å². The third-order valence-electron chi connectivity index (χ3n) is 9.97. The van der Waals surface area contributed by atoms with Crippen LogP contribution in [0.15, 0.2) is 186 Å². The van der Waals surface area contributed by atoms with Crippen molar-refractivity contribution in [3.63, 3.8) is 0 Å². The van der Waals surface area contributed by atoms with Crippen molar-refractivity contribution in [1.82, 2.24) is 9.13 Å². The van der Waals surface area contributed by atoms with E-state index in [0.717, 1.165) is 49.4 Å². The Morgan fingerprint density at radius 2 is 1.16 bits per heavy atom.